The van der Waals surface area contributed by atoms with Crippen molar-refractivity contribution in [3.05, 3.63) is 53.0 Å². The molecule has 3 rings (SSSR count). The highest BCUT2D eigenvalue weighted by Crippen LogP contribution is 2.23. The van der Waals surface area contributed by atoms with Gasteiger partial charge in [0.15, 0.2) is 0 Å². The molecule has 1 aliphatic heterocycles. The average molecular weight is 351 g/mol. The number of hydrogen-bond acceptors (Lipinski definition) is 6. The predicted molar refractivity (Wildman–Crippen MR) is 101 cm³/mol. The van der Waals surface area contributed by atoms with Crippen molar-refractivity contribution >= 4 is 5.82 Å². The van der Waals surface area contributed by atoms with Crippen molar-refractivity contribution in [1.29, 1.82) is 5.26 Å². The summed E-state index contributed by atoms with van der Waals surface area (Å²) in [7, 11) is 0. The van der Waals surface area contributed by atoms with Crippen LogP contribution in [-0.4, -0.2) is 52.3 Å². The van der Waals surface area contributed by atoms with Crippen LogP contribution in [0, 0.1) is 25.2 Å². The molecule has 0 aliphatic carbocycles. The summed E-state index contributed by atoms with van der Waals surface area (Å²) in [5, 5.41) is 18.9. The molecule has 6 heteroatoms. The van der Waals surface area contributed by atoms with Crippen LogP contribution in [0.1, 0.15) is 29.1 Å². The lowest BCUT2D eigenvalue weighted by Crippen LogP contribution is -2.53. The molecule has 6 nitrogen and oxygen atoms in total. The summed E-state index contributed by atoms with van der Waals surface area (Å²) in [5.74, 6) is 0.753. The van der Waals surface area contributed by atoms with Crippen LogP contribution < -0.4 is 4.90 Å². The normalized spacial score (nSPS) is 17.9. The maximum absolute atomic E-state index is 9.52. The van der Waals surface area contributed by atoms with E-state index in [2.05, 4.69) is 25.8 Å². The number of nitrogens with zero attached hydrogens (tertiary/aromatic N) is 5. The Morgan fingerprint density at radius 1 is 1.15 bits per heavy atom. The summed E-state index contributed by atoms with van der Waals surface area (Å²) in [6.07, 6.45) is 0.690. The van der Waals surface area contributed by atoms with Crippen molar-refractivity contribution in [2.45, 2.75) is 32.9 Å². The number of aryl methyl sites for hydroxylation is 2. The van der Waals surface area contributed by atoms with Gasteiger partial charge in [-0.15, -0.1) is 0 Å². The highest BCUT2D eigenvalue weighted by atomic mass is 16.3. The zero-order valence-electron chi connectivity index (χ0n) is 15.4. The van der Waals surface area contributed by atoms with Gasteiger partial charge in [0.05, 0.1) is 11.3 Å². The van der Waals surface area contributed by atoms with Crippen molar-refractivity contribution < 1.29 is 5.11 Å². The van der Waals surface area contributed by atoms with Gasteiger partial charge in [-0.3, -0.25) is 9.88 Å². The minimum atomic E-state index is 0.141. The second-order valence-corrected chi connectivity index (χ2v) is 6.79. The highest BCUT2D eigenvalue weighted by molar-refractivity contribution is 5.54. The lowest BCUT2D eigenvalue weighted by Gasteiger charge is -2.42. The van der Waals surface area contributed by atoms with Gasteiger partial charge in [0.2, 0.25) is 0 Å². The fourth-order valence-electron chi connectivity index (χ4n) is 3.48. The Kier molecular flexibility index (Phi) is 5.82. The molecule has 0 radical (unpaired) electrons. The second kappa shape index (κ2) is 8.26. The van der Waals surface area contributed by atoms with Crippen LogP contribution in [0.3, 0.4) is 0 Å². The van der Waals surface area contributed by atoms with E-state index in [0.717, 1.165) is 49.1 Å². The number of nitriles is 1. The number of aliphatic hydroxyl groups excluding tert-OH is 1. The number of piperazine rings is 1. The number of pyridine rings is 2. The molecule has 0 unspecified atom stereocenters. The van der Waals surface area contributed by atoms with Crippen LogP contribution in [0.4, 0.5) is 5.82 Å². The molecule has 0 saturated carbocycles. The smallest absolute Gasteiger partial charge is 0.146 e. The molecule has 1 N–H and O–H groups in total. The van der Waals surface area contributed by atoms with Crippen LogP contribution in [0.25, 0.3) is 0 Å². The van der Waals surface area contributed by atoms with Crippen LogP contribution in [0.2, 0.25) is 0 Å². The molecule has 3 heterocycles. The van der Waals surface area contributed by atoms with Crippen molar-refractivity contribution in [2.24, 2.45) is 0 Å². The minimum absolute atomic E-state index is 0.141. The molecule has 2 aromatic heterocycles. The number of anilines is 1. The zero-order valence-corrected chi connectivity index (χ0v) is 15.4. The molecule has 26 heavy (non-hydrogen) atoms. The van der Waals surface area contributed by atoms with E-state index >= 15 is 0 Å². The molecule has 1 fully saturated rings. The standard InChI is InChI=1S/C20H25N5O/c1-15-4-3-5-18(22-15)13-24-9-10-25(14-19(24)8-11-26)20-17(12-21)7-6-16(2)23-20/h3-7,19,26H,8-11,13-14H2,1-2H3/t19-/m1/s1. The first kappa shape index (κ1) is 18.3. The number of hydrogen-bond donors (Lipinski definition) is 1. The van der Waals surface area contributed by atoms with Crippen LogP contribution in [0.5, 0.6) is 0 Å². The lowest BCUT2D eigenvalue weighted by molar-refractivity contribution is 0.133. The van der Waals surface area contributed by atoms with Gasteiger partial charge in [-0.25, -0.2) is 4.98 Å². The zero-order chi connectivity index (χ0) is 18.5. The third-order valence-corrected chi connectivity index (χ3v) is 4.81. The number of rotatable bonds is 5. The summed E-state index contributed by atoms with van der Waals surface area (Å²) in [4.78, 5) is 13.7. The van der Waals surface area contributed by atoms with Gasteiger partial charge >= 0.3 is 0 Å². The quantitative estimate of drug-likeness (QED) is 0.888. The summed E-state index contributed by atoms with van der Waals surface area (Å²) in [6.45, 7) is 7.25. The Bertz CT molecular complexity index is 801. The van der Waals surface area contributed by atoms with E-state index in [9.17, 15) is 10.4 Å². The van der Waals surface area contributed by atoms with E-state index in [4.69, 9.17) is 0 Å². The van der Waals surface area contributed by atoms with Gasteiger partial charge in [-0.1, -0.05) is 6.07 Å². The predicted octanol–water partition coefficient (Wildman–Crippen LogP) is 2.04. The summed E-state index contributed by atoms with van der Waals surface area (Å²) < 4.78 is 0. The third-order valence-electron chi connectivity index (χ3n) is 4.81. The molecular weight excluding hydrogens is 326 g/mol. The van der Waals surface area contributed by atoms with Crippen molar-refractivity contribution in [3.63, 3.8) is 0 Å². The molecule has 0 aromatic carbocycles. The molecule has 1 atom stereocenters. The van der Waals surface area contributed by atoms with Gasteiger partial charge in [-0.05, 0) is 44.5 Å². The Labute approximate surface area is 154 Å². The van der Waals surface area contributed by atoms with Gasteiger partial charge in [0.1, 0.15) is 11.9 Å². The summed E-state index contributed by atoms with van der Waals surface area (Å²) in [5.41, 5.74) is 3.58. The van der Waals surface area contributed by atoms with Crippen molar-refractivity contribution in [1.82, 2.24) is 14.9 Å². The fraction of sp³-hybridized carbons (Fsp3) is 0.450. The highest BCUT2D eigenvalue weighted by Gasteiger charge is 2.28. The first-order chi connectivity index (χ1) is 12.6. The number of aromatic nitrogens is 2. The largest absolute Gasteiger partial charge is 0.396 e. The maximum atomic E-state index is 9.52. The van der Waals surface area contributed by atoms with Crippen molar-refractivity contribution in [2.75, 3.05) is 31.1 Å². The molecule has 2 aromatic rings. The van der Waals surface area contributed by atoms with E-state index in [1.807, 2.05) is 44.2 Å². The Hall–Kier alpha value is -2.49. The summed E-state index contributed by atoms with van der Waals surface area (Å²) in [6, 6.07) is 12.2. The average Bonchev–Trinajstić information content (AvgIpc) is 2.63. The van der Waals surface area contributed by atoms with Gasteiger partial charge in [0, 0.05) is 50.2 Å². The van der Waals surface area contributed by atoms with E-state index in [0.29, 0.717) is 12.0 Å². The molecule has 0 spiro atoms. The lowest BCUT2D eigenvalue weighted by atomic mass is 10.1. The van der Waals surface area contributed by atoms with Crippen LogP contribution in [0.15, 0.2) is 30.3 Å². The first-order valence-electron chi connectivity index (χ1n) is 9.01. The topological polar surface area (TPSA) is 76.3 Å². The van der Waals surface area contributed by atoms with Crippen LogP contribution >= 0.6 is 0 Å². The fourth-order valence-corrected chi connectivity index (χ4v) is 3.48. The summed E-state index contributed by atoms with van der Waals surface area (Å²) >= 11 is 0. The third kappa shape index (κ3) is 4.18. The molecule has 0 bridgehead atoms. The maximum Gasteiger partial charge on any atom is 0.146 e. The Morgan fingerprint density at radius 3 is 2.69 bits per heavy atom. The van der Waals surface area contributed by atoms with E-state index in [-0.39, 0.29) is 12.6 Å². The van der Waals surface area contributed by atoms with Crippen LogP contribution in [-0.2, 0) is 6.54 Å². The van der Waals surface area contributed by atoms with Crippen molar-refractivity contribution in [3.8, 4) is 6.07 Å². The molecule has 136 valence electrons. The van der Waals surface area contributed by atoms with Gasteiger partial charge in [0.25, 0.3) is 0 Å². The van der Waals surface area contributed by atoms with E-state index in [1.165, 1.54) is 0 Å². The SMILES string of the molecule is Cc1cccc(CN2CCN(c3nc(C)ccc3C#N)C[C@H]2CCO)n1. The second-order valence-electron chi connectivity index (χ2n) is 6.79. The van der Waals surface area contributed by atoms with Gasteiger partial charge < -0.3 is 10.0 Å². The number of aliphatic hydroxyl groups is 1. The monoisotopic (exact) mass is 351 g/mol. The first-order valence-corrected chi connectivity index (χ1v) is 9.01. The van der Waals surface area contributed by atoms with Gasteiger partial charge in [-0.2, -0.15) is 5.26 Å². The Balaban J connectivity index is 1.78. The minimum Gasteiger partial charge on any atom is -0.396 e. The molecule has 0 amide bonds. The van der Waals surface area contributed by atoms with E-state index < -0.39 is 0 Å². The Morgan fingerprint density at radius 2 is 1.96 bits per heavy atom. The molecule has 1 saturated heterocycles. The molecular formula is C20H25N5O. The van der Waals surface area contributed by atoms with E-state index in [1.54, 1.807) is 0 Å². The molecule has 1 aliphatic rings.